The summed E-state index contributed by atoms with van der Waals surface area (Å²) in [4.78, 5) is 4.44. The molecule has 2 N–H and O–H groups in total. The molecule has 1 heterocycles. The topological polar surface area (TPSA) is 38.9 Å². The molecule has 0 bridgehead atoms. The molecule has 0 radical (unpaired) electrons. The number of para-hydroxylation sites is 1. The Balaban J connectivity index is 2.20. The summed E-state index contributed by atoms with van der Waals surface area (Å²) in [5.74, 6) is 0. The number of benzene rings is 1. The molecule has 2 nitrogen and oxygen atoms in total. The second kappa shape index (κ2) is 4.22. The number of pyridine rings is 1. The van der Waals surface area contributed by atoms with Crippen molar-refractivity contribution >= 4 is 10.9 Å². The normalized spacial score (nSPS) is 11.9. The second-order valence-electron chi connectivity index (χ2n) is 5.02. The average Bonchev–Trinajstić information content (AvgIpc) is 2.25. The smallest absolute Gasteiger partial charge is 0.0702 e. The van der Waals surface area contributed by atoms with Crippen LogP contribution in [0.15, 0.2) is 36.5 Å². The third-order valence-corrected chi connectivity index (χ3v) is 2.71. The van der Waals surface area contributed by atoms with Gasteiger partial charge in [0.1, 0.15) is 0 Å². The van der Waals surface area contributed by atoms with Crippen molar-refractivity contribution in [2.75, 3.05) is 0 Å². The van der Waals surface area contributed by atoms with Gasteiger partial charge in [-0.3, -0.25) is 4.98 Å². The van der Waals surface area contributed by atoms with Gasteiger partial charge in [0.2, 0.25) is 0 Å². The molecule has 0 saturated carbocycles. The second-order valence-corrected chi connectivity index (χ2v) is 5.02. The molecule has 0 saturated heterocycles. The van der Waals surface area contributed by atoms with Gasteiger partial charge in [0.05, 0.1) is 5.52 Å². The maximum atomic E-state index is 5.98. The quantitative estimate of drug-likeness (QED) is 0.853. The number of aromatic nitrogens is 1. The summed E-state index contributed by atoms with van der Waals surface area (Å²) in [6.45, 7) is 4.11. The lowest BCUT2D eigenvalue weighted by Crippen LogP contribution is -2.32. The number of nitrogens with two attached hydrogens (primary N) is 1. The van der Waals surface area contributed by atoms with Crippen LogP contribution in [0.2, 0.25) is 0 Å². The molecule has 0 spiro atoms. The Hall–Kier alpha value is -1.41. The summed E-state index contributed by atoms with van der Waals surface area (Å²) < 4.78 is 0. The Kier molecular flexibility index (Phi) is 2.92. The maximum Gasteiger partial charge on any atom is 0.0702 e. The molecular formula is C14H18N2. The highest BCUT2D eigenvalue weighted by Gasteiger charge is 2.10. The summed E-state index contributed by atoms with van der Waals surface area (Å²) in [6.07, 6.45) is 3.92. The molecule has 2 heteroatoms. The van der Waals surface area contributed by atoms with Crippen LogP contribution in [-0.2, 0) is 6.42 Å². The number of hydrogen-bond acceptors (Lipinski definition) is 2. The van der Waals surface area contributed by atoms with Crippen LogP contribution in [0.1, 0.15) is 25.8 Å². The lowest BCUT2D eigenvalue weighted by molar-refractivity contribution is 0.477. The third kappa shape index (κ3) is 2.80. The van der Waals surface area contributed by atoms with Gasteiger partial charge in [-0.05, 0) is 44.4 Å². The third-order valence-electron chi connectivity index (χ3n) is 2.71. The molecule has 16 heavy (non-hydrogen) atoms. The van der Waals surface area contributed by atoms with E-state index in [4.69, 9.17) is 5.73 Å². The standard InChI is InChI=1S/C14H18N2/c1-14(2,15)8-7-11-9-12-5-3-4-6-13(12)16-10-11/h3-6,9-10H,7-8,15H2,1-2H3. The zero-order valence-corrected chi connectivity index (χ0v) is 9.90. The fourth-order valence-electron chi connectivity index (χ4n) is 1.72. The minimum Gasteiger partial charge on any atom is -0.326 e. The van der Waals surface area contributed by atoms with Crippen LogP contribution < -0.4 is 5.73 Å². The van der Waals surface area contributed by atoms with Crippen LogP contribution in [0.5, 0.6) is 0 Å². The minimum atomic E-state index is -0.106. The van der Waals surface area contributed by atoms with Gasteiger partial charge in [-0.25, -0.2) is 0 Å². The van der Waals surface area contributed by atoms with Crippen molar-refractivity contribution in [1.29, 1.82) is 0 Å². The van der Waals surface area contributed by atoms with E-state index < -0.39 is 0 Å². The first kappa shape index (κ1) is 11.1. The van der Waals surface area contributed by atoms with E-state index in [0.717, 1.165) is 18.4 Å². The van der Waals surface area contributed by atoms with Crippen molar-refractivity contribution in [3.05, 3.63) is 42.1 Å². The van der Waals surface area contributed by atoms with E-state index in [1.54, 1.807) is 0 Å². The Morgan fingerprint density at radius 1 is 1.25 bits per heavy atom. The summed E-state index contributed by atoms with van der Waals surface area (Å²) in [5.41, 5.74) is 8.19. The highest BCUT2D eigenvalue weighted by Crippen LogP contribution is 2.15. The lowest BCUT2D eigenvalue weighted by atomic mass is 9.97. The summed E-state index contributed by atoms with van der Waals surface area (Å²) in [7, 11) is 0. The summed E-state index contributed by atoms with van der Waals surface area (Å²) in [6, 6.07) is 10.4. The van der Waals surface area contributed by atoms with E-state index in [1.807, 2.05) is 24.4 Å². The molecule has 0 unspecified atom stereocenters. The number of nitrogens with zero attached hydrogens (tertiary/aromatic N) is 1. The predicted molar refractivity (Wildman–Crippen MR) is 68.3 cm³/mol. The van der Waals surface area contributed by atoms with Crippen molar-refractivity contribution in [2.24, 2.45) is 5.73 Å². The van der Waals surface area contributed by atoms with Crippen molar-refractivity contribution in [2.45, 2.75) is 32.2 Å². The first-order valence-electron chi connectivity index (χ1n) is 5.67. The number of rotatable bonds is 3. The van der Waals surface area contributed by atoms with Gasteiger partial charge in [-0.1, -0.05) is 18.2 Å². The van der Waals surface area contributed by atoms with Crippen LogP contribution in [0.3, 0.4) is 0 Å². The van der Waals surface area contributed by atoms with Gasteiger partial charge in [0.25, 0.3) is 0 Å². The zero-order valence-electron chi connectivity index (χ0n) is 9.90. The highest BCUT2D eigenvalue weighted by molar-refractivity contribution is 5.78. The fourth-order valence-corrected chi connectivity index (χ4v) is 1.72. The van der Waals surface area contributed by atoms with Gasteiger partial charge in [-0.2, -0.15) is 0 Å². The Morgan fingerprint density at radius 3 is 2.75 bits per heavy atom. The molecule has 0 aliphatic carbocycles. The monoisotopic (exact) mass is 214 g/mol. The molecule has 2 aromatic rings. The van der Waals surface area contributed by atoms with Crippen LogP contribution in [-0.4, -0.2) is 10.5 Å². The predicted octanol–water partition coefficient (Wildman–Crippen LogP) is 2.90. The van der Waals surface area contributed by atoms with Crippen LogP contribution in [0.4, 0.5) is 0 Å². The minimum absolute atomic E-state index is 0.106. The summed E-state index contributed by atoms with van der Waals surface area (Å²) >= 11 is 0. The van der Waals surface area contributed by atoms with E-state index in [9.17, 15) is 0 Å². The average molecular weight is 214 g/mol. The molecule has 0 fully saturated rings. The van der Waals surface area contributed by atoms with Crippen LogP contribution in [0.25, 0.3) is 10.9 Å². The summed E-state index contributed by atoms with van der Waals surface area (Å²) in [5, 5.41) is 1.20. The molecular weight excluding hydrogens is 196 g/mol. The Bertz CT molecular complexity index is 483. The zero-order chi connectivity index (χ0) is 11.6. The maximum absolute atomic E-state index is 5.98. The number of hydrogen-bond donors (Lipinski definition) is 1. The van der Waals surface area contributed by atoms with Gasteiger partial charge < -0.3 is 5.73 Å². The van der Waals surface area contributed by atoms with Gasteiger partial charge >= 0.3 is 0 Å². The van der Waals surface area contributed by atoms with Crippen molar-refractivity contribution in [3.8, 4) is 0 Å². The molecule has 0 aliphatic heterocycles. The molecule has 1 aromatic heterocycles. The first-order valence-corrected chi connectivity index (χ1v) is 5.67. The van der Waals surface area contributed by atoms with Crippen molar-refractivity contribution in [3.63, 3.8) is 0 Å². The first-order chi connectivity index (χ1) is 7.54. The van der Waals surface area contributed by atoms with E-state index >= 15 is 0 Å². The van der Waals surface area contributed by atoms with E-state index in [-0.39, 0.29) is 5.54 Å². The Morgan fingerprint density at radius 2 is 2.00 bits per heavy atom. The highest BCUT2D eigenvalue weighted by atomic mass is 14.7. The number of aryl methyl sites for hydroxylation is 1. The molecule has 0 atom stereocenters. The lowest BCUT2D eigenvalue weighted by Gasteiger charge is -2.17. The van der Waals surface area contributed by atoms with E-state index in [2.05, 4.69) is 31.0 Å². The molecule has 1 aromatic carbocycles. The Labute approximate surface area is 96.5 Å². The van der Waals surface area contributed by atoms with Crippen LogP contribution in [0, 0.1) is 0 Å². The van der Waals surface area contributed by atoms with Gasteiger partial charge in [0, 0.05) is 17.1 Å². The van der Waals surface area contributed by atoms with Crippen molar-refractivity contribution in [1.82, 2.24) is 4.98 Å². The molecule has 0 amide bonds. The van der Waals surface area contributed by atoms with E-state index in [1.165, 1.54) is 10.9 Å². The van der Waals surface area contributed by atoms with Gasteiger partial charge in [-0.15, -0.1) is 0 Å². The van der Waals surface area contributed by atoms with Crippen molar-refractivity contribution < 1.29 is 0 Å². The van der Waals surface area contributed by atoms with E-state index in [0.29, 0.717) is 0 Å². The molecule has 2 rings (SSSR count). The molecule has 84 valence electrons. The fraction of sp³-hybridized carbons (Fsp3) is 0.357. The molecule has 0 aliphatic rings. The largest absolute Gasteiger partial charge is 0.326 e. The van der Waals surface area contributed by atoms with Crippen LogP contribution >= 0.6 is 0 Å². The SMILES string of the molecule is CC(C)(N)CCc1cnc2ccccc2c1. The van der Waals surface area contributed by atoms with Gasteiger partial charge in [0.15, 0.2) is 0 Å². The number of fused-ring (bicyclic) bond motifs is 1.